The third kappa shape index (κ3) is 3.09. The van der Waals surface area contributed by atoms with Crippen LogP contribution in [0.2, 0.25) is 21.6 Å². The average Bonchev–Trinajstić information content (AvgIpc) is 3.27. The van der Waals surface area contributed by atoms with E-state index >= 15 is 0 Å². The van der Waals surface area contributed by atoms with Crippen LogP contribution in [0.5, 0.6) is 0 Å². The highest BCUT2D eigenvalue weighted by molar-refractivity contribution is 6.90. The van der Waals surface area contributed by atoms with Gasteiger partial charge in [-0.1, -0.05) is 77.3 Å². The molecule has 36 heavy (non-hydrogen) atoms. The topological polar surface area (TPSA) is 54.3 Å². The molecular weight excluding hydrogens is 486 g/mol. The highest BCUT2D eigenvalue weighted by Gasteiger charge is 2.55. The first-order valence-corrected chi connectivity index (χ1v) is 15.2. The number of carbonyl (C=O) groups is 2. The van der Waals surface area contributed by atoms with E-state index in [0.717, 1.165) is 16.6 Å². The molecule has 1 aromatic heterocycles. The third-order valence-corrected chi connectivity index (χ3v) is 14.8. The van der Waals surface area contributed by atoms with E-state index in [1.54, 1.807) is 22.6 Å². The van der Waals surface area contributed by atoms with Gasteiger partial charge in [0.1, 0.15) is 13.8 Å². The summed E-state index contributed by atoms with van der Waals surface area (Å²) in [5.74, 6) is 3.24. The number of halogens is 1. The van der Waals surface area contributed by atoms with Crippen molar-refractivity contribution in [1.29, 1.82) is 0 Å². The van der Waals surface area contributed by atoms with Crippen molar-refractivity contribution in [1.82, 2.24) is 9.88 Å². The molecular formula is C29H32ClN3O2Si. The van der Waals surface area contributed by atoms with Gasteiger partial charge in [-0.15, -0.1) is 5.54 Å². The van der Waals surface area contributed by atoms with Gasteiger partial charge >= 0.3 is 6.03 Å². The number of nitrogens with zero attached hydrogens (tertiary/aromatic N) is 2. The van der Waals surface area contributed by atoms with Crippen molar-refractivity contribution in [3.63, 3.8) is 0 Å². The molecule has 2 amide bonds. The van der Waals surface area contributed by atoms with Gasteiger partial charge in [0.2, 0.25) is 0 Å². The predicted molar refractivity (Wildman–Crippen MR) is 149 cm³/mol. The molecule has 0 fully saturated rings. The zero-order chi connectivity index (χ0) is 26.2. The van der Waals surface area contributed by atoms with Crippen LogP contribution >= 0.6 is 11.6 Å². The van der Waals surface area contributed by atoms with Crippen molar-refractivity contribution < 1.29 is 9.59 Å². The number of anilines is 1. The van der Waals surface area contributed by atoms with Crippen LogP contribution in [0.25, 0.3) is 10.9 Å². The van der Waals surface area contributed by atoms with E-state index in [1.165, 1.54) is 0 Å². The highest BCUT2D eigenvalue weighted by Crippen LogP contribution is 2.48. The molecule has 0 saturated heterocycles. The summed E-state index contributed by atoms with van der Waals surface area (Å²) < 4.78 is 1.63. The average molecular weight is 518 g/mol. The first kappa shape index (κ1) is 24.7. The van der Waals surface area contributed by atoms with Crippen LogP contribution in [-0.2, 0) is 10.3 Å². The number of amides is 2. The molecule has 0 aliphatic carbocycles. The molecule has 0 bridgehead atoms. The quantitative estimate of drug-likeness (QED) is 0.312. The molecule has 7 heteroatoms. The molecule has 0 saturated carbocycles. The second kappa shape index (κ2) is 8.26. The molecule has 2 aromatic carbocycles. The minimum absolute atomic E-state index is 0.202. The fraction of sp³-hybridized carbons (Fsp3) is 0.379. The molecule has 5 nitrogen and oxygen atoms in total. The SMILES string of the molecule is CC(C)[Si](C#Cc1cc2cc(Cl)cc3c2n1C(=O)NC31C(=O)N(C)c2ccccc21)(C(C)C)C(C)C. The van der Waals surface area contributed by atoms with Crippen molar-refractivity contribution >= 4 is 48.2 Å². The Balaban J connectivity index is 1.81. The van der Waals surface area contributed by atoms with Gasteiger partial charge < -0.3 is 10.2 Å². The molecule has 1 N–H and O–H groups in total. The Morgan fingerprint density at radius 2 is 1.58 bits per heavy atom. The van der Waals surface area contributed by atoms with Gasteiger partial charge in [-0.3, -0.25) is 9.36 Å². The summed E-state index contributed by atoms with van der Waals surface area (Å²) in [6, 6.07) is 12.8. The second-order valence-electron chi connectivity index (χ2n) is 11.0. The number of nitrogens with one attached hydrogen (secondary N) is 1. The van der Waals surface area contributed by atoms with Gasteiger partial charge in [0.15, 0.2) is 5.54 Å². The first-order chi connectivity index (χ1) is 17.0. The number of benzene rings is 2. The molecule has 5 rings (SSSR count). The van der Waals surface area contributed by atoms with Crippen LogP contribution in [-0.4, -0.2) is 31.6 Å². The summed E-state index contributed by atoms with van der Waals surface area (Å²) >= 11 is 6.60. The molecule has 1 unspecified atom stereocenters. The number of carbonyl (C=O) groups excluding carboxylic acids is 2. The number of hydrogen-bond donors (Lipinski definition) is 1. The van der Waals surface area contributed by atoms with E-state index in [2.05, 4.69) is 58.3 Å². The second-order valence-corrected chi connectivity index (χ2v) is 17.0. The molecule has 0 radical (unpaired) electrons. The number of hydrogen-bond acceptors (Lipinski definition) is 2. The number of aromatic nitrogens is 1. The van der Waals surface area contributed by atoms with E-state index in [1.807, 2.05) is 36.4 Å². The molecule has 2 aliphatic heterocycles. The van der Waals surface area contributed by atoms with Crippen molar-refractivity contribution in [2.75, 3.05) is 11.9 Å². The summed E-state index contributed by atoms with van der Waals surface area (Å²) in [7, 11) is -0.278. The van der Waals surface area contributed by atoms with Crippen LogP contribution in [0.3, 0.4) is 0 Å². The summed E-state index contributed by atoms with van der Waals surface area (Å²) in [6.07, 6.45) is 0. The van der Waals surface area contributed by atoms with Gasteiger partial charge in [-0.2, -0.15) is 0 Å². The number of likely N-dealkylation sites (N-methyl/N-ethyl adjacent to an activating group) is 1. The third-order valence-electron chi connectivity index (χ3n) is 8.33. The molecule has 3 aromatic rings. The molecule has 3 heterocycles. The standard InChI is InChI=1S/C29H32ClN3O2Si/c1-17(2)36(18(3)4,19(5)6)13-12-22-15-20-14-21(30)16-24-26(20)33(22)28(35)31-29(24)23-10-8-9-11-25(23)32(7)27(29)34/h8-11,14-19H,1-7H3,(H,31,35). The molecule has 1 spiro atoms. The lowest BCUT2D eigenvalue weighted by atomic mass is 9.82. The van der Waals surface area contributed by atoms with Gasteiger partial charge in [0.05, 0.1) is 5.52 Å². The summed E-state index contributed by atoms with van der Waals surface area (Å²) in [4.78, 5) is 29.2. The molecule has 1 atom stereocenters. The molecule has 2 aliphatic rings. The van der Waals surface area contributed by atoms with Gasteiger partial charge in [0.25, 0.3) is 5.91 Å². The van der Waals surface area contributed by atoms with E-state index in [4.69, 9.17) is 11.6 Å². The Bertz CT molecular complexity index is 1470. The number of fused-ring (bicyclic) bond motifs is 3. The zero-order valence-corrected chi connectivity index (χ0v) is 23.6. The van der Waals surface area contributed by atoms with Crippen molar-refractivity contribution in [2.45, 2.75) is 63.7 Å². The minimum atomic E-state index is -2.02. The van der Waals surface area contributed by atoms with Crippen molar-refractivity contribution in [3.8, 4) is 11.5 Å². The monoisotopic (exact) mass is 517 g/mol. The lowest BCUT2D eigenvalue weighted by Crippen LogP contribution is -2.57. The Hall–Kier alpha value is -3.01. The van der Waals surface area contributed by atoms with Crippen LogP contribution in [0.15, 0.2) is 42.5 Å². The number of rotatable bonds is 3. The minimum Gasteiger partial charge on any atom is -0.315 e. The summed E-state index contributed by atoms with van der Waals surface area (Å²) in [5.41, 5.74) is 7.36. The van der Waals surface area contributed by atoms with Crippen molar-refractivity contribution in [2.24, 2.45) is 0 Å². The Labute approximate surface area is 218 Å². The van der Waals surface area contributed by atoms with E-state index in [-0.39, 0.29) is 11.9 Å². The van der Waals surface area contributed by atoms with Gasteiger partial charge in [0, 0.05) is 34.3 Å². The lowest BCUT2D eigenvalue weighted by molar-refractivity contribution is -0.122. The zero-order valence-electron chi connectivity index (χ0n) is 21.9. The maximum atomic E-state index is 13.8. The maximum Gasteiger partial charge on any atom is 0.328 e. The highest BCUT2D eigenvalue weighted by atomic mass is 35.5. The van der Waals surface area contributed by atoms with E-state index in [9.17, 15) is 9.59 Å². The smallest absolute Gasteiger partial charge is 0.315 e. The van der Waals surface area contributed by atoms with Crippen LogP contribution in [0.4, 0.5) is 10.5 Å². The van der Waals surface area contributed by atoms with E-state index in [0.29, 0.717) is 38.4 Å². The Morgan fingerprint density at radius 1 is 0.944 bits per heavy atom. The fourth-order valence-electron chi connectivity index (χ4n) is 6.73. The number of para-hydroxylation sites is 1. The predicted octanol–water partition coefficient (Wildman–Crippen LogP) is 6.66. The van der Waals surface area contributed by atoms with Crippen LogP contribution < -0.4 is 10.2 Å². The first-order valence-electron chi connectivity index (χ1n) is 12.6. The Morgan fingerprint density at radius 3 is 2.22 bits per heavy atom. The van der Waals surface area contributed by atoms with Gasteiger partial charge in [-0.25, -0.2) is 4.79 Å². The van der Waals surface area contributed by atoms with E-state index < -0.39 is 13.6 Å². The summed E-state index contributed by atoms with van der Waals surface area (Å²) in [5, 5.41) is 4.40. The lowest BCUT2D eigenvalue weighted by Gasteiger charge is -2.38. The van der Waals surface area contributed by atoms with Crippen LogP contribution in [0.1, 0.15) is 58.4 Å². The molecule has 186 valence electrons. The summed E-state index contributed by atoms with van der Waals surface area (Å²) in [6.45, 7) is 13.6. The maximum absolute atomic E-state index is 13.8. The normalized spacial score (nSPS) is 18.9. The largest absolute Gasteiger partial charge is 0.328 e. The van der Waals surface area contributed by atoms with Crippen LogP contribution in [0, 0.1) is 11.5 Å². The van der Waals surface area contributed by atoms with Gasteiger partial charge in [-0.05, 0) is 40.9 Å². The Kier molecular flexibility index (Phi) is 5.66. The van der Waals surface area contributed by atoms with Crippen molar-refractivity contribution in [3.05, 3.63) is 64.3 Å². The fourth-order valence-corrected chi connectivity index (χ4v) is 12.2.